The molecular formula is C22H16F6N2O4S. The van der Waals surface area contributed by atoms with Gasteiger partial charge in [-0.25, -0.2) is 4.79 Å². The minimum absolute atomic E-state index is 0.0106. The Morgan fingerprint density at radius 3 is 2.40 bits per heavy atom. The highest BCUT2D eigenvalue weighted by atomic mass is 32.2. The number of carbonyl (C=O) groups is 2. The van der Waals surface area contributed by atoms with Gasteiger partial charge in [-0.15, -0.1) is 0 Å². The fraction of sp³-hybridized carbons (Fsp3) is 0.227. The molecule has 0 unspecified atom stereocenters. The average Bonchev–Trinajstić information content (AvgIpc) is 3.15. The molecular weight excluding hydrogens is 502 g/mol. The van der Waals surface area contributed by atoms with Crippen LogP contribution in [0.2, 0.25) is 0 Å². The molecule has 1 aliphatic rings. The van der Waals surface area contributed by atoms with Gasteiger partial charge in [0.05, 0.1) is 23.1 Å². The van der Waals surface area contributed by atoms with E-state index in [-0.39, 0.29) is 22.6 Å². The minimum Gasteiger partial charge on any atom is -0.488 e. The molecule has 1 N–H and O–H groups in total. The Labute approximate surface area is 199 Å². The van der Waals surface area contributed by atoms with Gasteiger partial charge in [0.25, 0.3) is 5.24 Å². The minimum atomic E-state index is -5.07. The number of aliphatic imine (C=N–C) groups is 1. The maximum absolute atomic E-state index is 13.4. The molecule has 1 saturated heterocycles. The van der Waals surface area contributed by atoms with Gasteiger partial charge < -0.3 is 14.8 Å². The van der Waals surface area contributed by atoms with Crippen molar-refractivity contribution in [2.24, 2.45) is 4.99 Å². The van der Waals surface area contributed by atoms with E-state index in [9.17, 15) is 35.9 Å². The Balaban J connectivity index is 1.94. The molecule has 0 aliphatic carbocycles. The molecule has 1 aliphatic heterocycles. The Morgan fingerprint density at radius 2 is 1.80 bits per heavy atom. The first-order chi connectivity index (χ1) is 16.3. The number of nitrogens with zero attached hydrogens (tertiary/aromatic N) is 1. The second kappa shape index (κ2) is 10.0. The molecule has 13 heteroatoms. The summed E-state index contributed by atoms with van der Waals surface area (Å²) in [4.78, 5) is 28.3. The standard InChI is InChI=1S/C22H16F6N2O4S/c1-29-18-17(35-20(32)30-18)8-11-3-6-16(14(7-11)19(31)33-2)34-10-12-4-5-13(21(23,24)25)9-15(12)22(26,27)28/h3-9H,10H2,1-2H3,(H,29,30,32). The van der Waals surface area contributed by atoms with Crippen LogP contribution in [-0.2, 0) is 23.7 Å². The topological polar surface area (TPSA) is 77.0 Å². The summed E-state index contributed by atoms with van der Waals surface area (Å²) < 4.78 is 88.9. The van der Waals surface area contributed by atoms with E-state index >= 15 is 0 Å². The number of amides is 1. The third kappa shape index (κ3) is 6.15. The van der Waals surface area contributed by atoms with Gasteiger partial charge in [-0.05, 0) is 47.7 Å². The summed E-state index contributed by atoms with van der Waals surface area (Å²) in [7, 11) is 2.56. The van der Waals surface area contributed by atoms with Crippen LogP contribution < -0.4 is 10.1 Å². The van der Waals surface area contributed by atoms with Crippen molar-refractivity contribution in [2.45, 2.75) is 19.0 Å². The van der Waals surface area contributed by atoms with Crippen molar-refractivity contribution in [3.8, 4) is 5.75 Å². The molecule has 186 valence electrons. The van der Waals surface area contributed by atoms with Crippen LogP contribution in [0.5, 0.6) is 5.75 Å². The molecule has 2 aromatic carbocycles. The largest absolute Gasteiger partial charge is 0.488 e. The van der Waals surface area contributed by atoms with E-state index in [4.69, 9.17) is 9.47 Å². The summed E-state index contributed by atoms with van der Waals surface area (Å²) in [5, 5.41) is 2.18. The van der Waals surface area contributed by atoms with Crippen LogP contribution in [-0.4, -0.2) is 31.2 Å². The van der Waals surface area contributed by atoms with E-state index in [1.165, 1.54) is 25.2 Å². The third-order valence-corrected chi connectivity index (χ3v) is 5.53. The van der Waals surface area contributed by atoms with Crippen molar-refractivity contribution in [1.29, 1.82) is 0 Å². The number of carbonyl (C=O) groups excluding carboxylic acids is 2. The van der Waals surface area contributed by atoms with E-state index in [0.29, 0.717) is 28.4 Å². The monoisotopic (exact) mass is 518 g/mol. The molecule has 2 aromatic rings. The molecule has 1 heterocycles. The predicted octanol–water partition coefficient (Wildman–Crippen LogP) is 5.92. The highest BCUT2D eigenvalue weighted by Crippen LogP contribution is 2.38. The van der Waals surface area contributed by atoms with Gasteiger partial charge in [0.2, 0.25) is 0 Å². The molecule has 0 bridgehead atoms. The average molecular weight is 518 g/mol. The maximum Gasteiger partial charge on any atom is 0.416 e. The number of thioether (sulfide) groups is 1. The summed E-state index contributed by atoms with van der Waals surface area (Å²) >= 11 is 0.878. The van der Waals surface area contributed by atoms with Gasteiger partial charge in [0, 0.05) is 12.6 Å². The third-order valence-electron chi connectivity index (χ3n) is 4.71. The van der Waals surface area contributed by atoms with Crippen LogP contribution in [0.3, 0.4) is 0 Å². The second-order valence-corrected chi connectivity index (χ2v) is 8.01. The fourth-order valence-corrected chi connectivity index (χ4v) is 3.86. The van der Waals surface area contributed by atoms with Crippen molar-refractivity contribution < 1.29 is 45.4 Å². The lowest BCUT2D eigenvalue weighted by atomic mass is 10.0. The molecule has 0 atom stereocenters. The summed E-state index contributed by atoms with van der Waals surface area (Å²) in [5.74, 6) is -0.687. The first kappa shape index (κ1) is 26.1. The lowest BCUT2D eigenvalue weighted by Crippen LogP contribution is -2.18. The first-order valence-corrected chi connectivity index (χ1v) is 10.4. The Kier molecular flexibility index (Phi) is 7.48. The SMILES string of the molecule is CN=C1NC(=O)SC1=Cc1ccc(OCc2ccc(C(F)(F)F)cc2C(F)(F)F)c(C(=O)OC)c1. The van der Waals surface area contributed by atoms with E-state index in [2.05, 4.69) is 10.3 Å². The molecule has 1 amide bonds. The number of ether oxygens (including phenoxy) is 2. The predicted molar refractivity (Wildman–Crippen MR) is 116 cm³/mol. The lowest BCUT2D eigenvalue weighted by Gasteiger charge is -2.17. The van der Waals surface area contributed by atoms with Gasteiger partial charge in [0.1, 0.15) is 23.8 Å². The maximum atomic E-state index is 13.4. The number of alkyl halides is 6. The second-order valence-electron chi connectivity index (χ2n) is 7.00. The number of amidine groups is 1. The lowest BCUT2D eigenvalue weighted by molar-refractivity contribution is -0.143. The van der Waals surface area contributed by atoms with Crippen LogP contribution in [0.4, 0.5) is 31.1 Å². The molecule has 0 aromatic heterocycles. The smallest absolute Gasteiger partial charge is 0.416 e. The van der Waals surface area contributed by atoms with E-state index in [0.717, 1.165) is 18.9 Å². The number of halogens is 6. The van der Waals surface area contributed by atoms with E-state index in [1.807, 2.05) is 0 Å². The highest BCUT2D eigenvalue weighted by Gasteiger charge is 2.38. The fourth-order valence-electron chi connectivity index (χ4n) is 3.08. The number of hydrogen-bond acceptors (Lipinski definition) is 6. The Bertz CT molecular complexity index is 1220. The summed E-state index contributed by atoms with van der Waals surface area (Å²) in [6, 6.07) is 5.32. The van der Waals surface area contributed by atoms with Gasteiger partial charge in [-0.3, -0.25) is 9.79 Å². The number of benzene rings is 2. The van der Waals surface area contributed by atoms with Crippen molar-refractivity contribution in [1.82, 2.24) is 5.32 Å². The normalized spacial score (nSPS) is 16.5. The molecule has 1 fully saturated rings. The number of hydrogen-bond donors (Lipinski definition) is 1. The molecule has 6 nitrogen and oxygen atoms in total. The Hall–Kier alpha value is -3.48. The van der Waals surface area contributed by atoms with Crippen LogP contribution >= 0.6 is 11.8 Å². The molecule has 35 heavy (non-hydrogen) atoms. The quantitative estimate of drug-likeness (QED) is 0.393. The number of nitrogens with one attached hydrogen (secondary N) is 1. The van der Waals surface area contributed by atoms with Crippen LogP contribution in [0.15, 0.2) is 46.3 Å². The van der Waals surface area contributed by atoms with Crippen molar-refractivity contribution in [3.63, 3.8) is 0 Å². The zero-order valence-corrected chi connectivity index (χ0v) is 18.8. The van der Waals surface area contributed by atoms with Crippen LogP contribution in [0.1, 0.15) is 32.6 Å². The van der Waals surface area contributed by atoms with Gasteiger partial charge in [-0.1, -0.05) is 12.1 Å². The molecule has 0 spiro atoms. The molecule has 3 rings (SSSR count). The van der Waals surface area contributed by atoms with Crippen molar-refractivity contribution in [3.05, 3.63) is 69.1 Å². The summed E-state index contributed by atoms with van der Waals surface area (Å²) in [6.07, 6.45) is -8.47. The number of esters is 1. The van der Waals surface area contributed by atoms with Gasteiger partial charge >= 0.3 is 18.3 Å². The first-order valence-electron chi connectivity index (χ1n) is 9.63. The molecule has 0 radical (unpaired) electrons. The van der Waals surface area contributed by atoms with Crippen molar-refractivity contribution in [2.75, 3.05) is 14.2 Å². The number of methoxy groups -OCH3 is 1. The highest BCUT2D eigenvalue weighted by molar-refractivity contribution is 8.18. The summed E-state index contributed by atoms with van der Waals surface area (Å²) in [5.41, 5.74) is -3.21. The van der Waals surface area contributed by atoms with Crippen LogP contribution in [0, 0.1) is 0 Å². The zero-order valence-electron chi connectivity index (χ0n) is 18.0. The molecule has 0 saturated carbocycles. The Morgan fingerprint density at radius 1 is 1.09 bits per heavy atom. The van der Waals surface area contributed by atoms with Gasteiger partial charge in [0.15, 0.2) is 0 Å². The zero-order chi connectivity index (χ0) is 26.0. The number of rotatable bonds is 5. The van der Waals surface area contributed by atoms with Gasteiger partial charge in [-0.2, -0.15) is 26.3 Å². The van der Waals surface area contributed by atoms with E-state index < -0.39 is 41.6 Å². The summed E-state index contributed by atoms with van der Waals surface area (Å²) in [6.45, 7) is -0.766. The van der Waals surface area contributed by atoms with Crippen molar-refractivity contribution >= 4 is 34.9 Å². The van der Waals surface area contributed by atoms with Crippen LogP contribution in [0.25, 0.3) is 6.08 Å². The van der Waals surface area contributed by atoms with E-state index in [1.54, 1.807) is 6.08 Å².